The van der Waals surface area contributed by atoms with E-state index in [1.54, 1.807) is 0 Å². The zero-order chi connectivity index (χ0) is 13.2. The quantitative estimate of drug-likeness (QED) is 0.824. The lowest BCUT2D eigenvalue weighted by atomic mass is 9.97. The minimum atomic E-state index is -4.82. The number of halogens is 6. The molecule has 1 aromatic carbocycles. The summed E-state index contributed by atoms with van der Waals surface area (Å²) >= 11 is 0. The number of hydrogen-bond donors (Lipinski definition) is 1. The van der Waals surface area contributed by atoms with Gasteiger partial charge in [-0.2, -0.15) is 13.2 Å². The van der Waals surface area contributed by atoms with Gasteiger partial charge in [0, 0.05) is 18.0 Å². The van der Waals surface area contributed by atoms with Crippen molar-refractivity contribution in [2.75, 3.05) is 0 Å². The summed E-state index contributed by atoms with van der Waals surface area (Å²) in [6.07, 6.45) is -8.74. The molecule has 1 aromatic rings. The molecule has 0 radical (unpaired) electrons. The van der Waals surface area contributed by atoms with Gasteiger partial charge in [0.15, 0.2) is 0 Å². The monoisotopic (exact) mass is 257 g/mol. The van der Waals surface area contributed by atoms with Crippen LogP contribution in [0.25, 0.3) is 0 Å². The molecule has 0 heterocycles. The summed E-state index contributed by atoms with van der Waals surface area (Å²) in [5.41, 5.74) is 2.94. The maximum absolute atomic E-state index is 13.3. The summed E-state index contributed by atoms with van der Waals surface area (Å²) in [4.78, 5) is 0. The highest BCUT2D eigenvalue weighted by atomic mass is 19.4. The predicted octanol–water partition coefficient (Wildman–Crippen LogP) is 3.50. The smallest absolute Gasteiger partial charge is 0.324 e. The van der Waals surface area contributed by atoms with Crippen LogP contribution in [0.1, 0.15) is 23.6 Å². The maximum atomic E-state index is 13.3. The summed E-state index contributed by atoms with van der Waals surface area (Å²) in [5.74, 6) is -1.23. The number of nitrogens with two attached hydrogens (primary N) is 1. The van der Waals surface area contributed by atoms with Crippen LogP contribution in [-0.2, 0) is 6.18 Å². The average Bonchev–Trinajstić information content (AvgIpc) is 2.14. The van der Waals surface area contributed by atoms with Crippen molar-refractivity contribution < 1.29 is 26.3 Å². The van der Waals surface area contributed by atoms with Crippen LogP contribution in [-0.4, -0.2) is 6.43 Å². The average molecular weight is 257 g/mol. The SMILES string of the molecule is N[C@@H](CC(F)F)c1c(F)cccc1C(F)(F)F. The van der Waals surface area contributed by atoms with Gasteiger partial charge < -0.3 is 5.73 Å². The molecule has 0 amide bonds. The summed E-state index contributed by atoms with van der Waals surface area (Å²) < 4.78 is 74.9. The Kier molecular flexibility index (Phi) is 4.03. The second-order valence-corrected chi connectivity index (χ2v) is 3.43. The molecule has 0 saturated carbocycles. The molecule has 0 aliphatic carbocycles. The second-order valence-electron chi connectivity index (χ2n) is 3.43. The minimum absolute atomic E-state index is 0.615. The van der Waals surface area contributed by atoms with Gasteiger partial charge in [-0.15, -0.1) is 0 Å². The van der Waals surface area contributed by atoms with E-state index in [0.29, 0.717) is 6.07 Å². The predicted molar refractivity (Wildman–Crippen MR) is 49.0 cm³/mol. The fraction of sp³-hybridized carbons (Fsp3) is 0.400. The molecule has 1 rings (SSSR count). The van der Waals surface area contributed by atoms with Gasteiger partial charge in [-0.3, -0.25) is 0 Å². The number of alkyl halides is 5. The van der Waals surface area contributed by atoms with E-state index in [4.69, 9.17) is 5.73 Å². The van der Waals surface area contributed by atoms with Crippen LogP contribution in [0.4, 0.5) is 26.3 Å². The third-order valence-corrected chi connectivity index (χ3v) is 2.16. The molecule has 2 N–H and O–H groups in total. The Labute approximate surface area is 93.2 Å². The Morgan fingerprint density at radius 2 is 1.76 bits per heavy atom. The Morgan fingerprint density at radius 3 is 2.24 bits per heavy atom. The third-order valence-electron chi connectivity index (χ3n) is 2.16. The summed E-state index contributed by atoms with van der Waals surface area (Å²) in [6.45, 7) is 0. The molecule has 7 heteroatoms. The van der Waals surface area contributed by atoms with Crippen molar-refractivity contribution in [3.05, 3.63) is 35.1 Å². The van der Waals surface area contributed by atoms with E-state index in [2.05, 4.69) is 0 Å². The van der Waals surface area contributed by atoms with Gasteiger partial charge in [-0.25, -0.2) is 13.2 Å². The first kappa shape index (κ1) is 13.8. The third kappa shape index (κ3) is 3.36. The van der Waals surface area contributed by atoms with Crippen molar-refractivity contribution in [2.24, 2.45) is 5.73 Å². The largest absolute Gasteiger partial charge is 0.416 e. The van der Waals surface area contributed by atoms with Crippen LogP contribution in [0.3, 0.4) is 0 Å². The Balaban J connectivity index is 3.21. The molecule has 1 atom stereocenters. The van der Waals surface area contributed by atoms with Crippen LogP contribution >= 0.6 is 0 Å². The van der Waals surface area contributed by atoms with Crippen molar-refractivity contribution in [2.45, 2.75) is 25.1 Å². The van der Waals surface area contributed by atoms with Gasteiger partial charge in [0.25, 0.3) is 0 Å². The molecule has 0 spiro atoms. The molecule has 17 heavy (non-hydrogen) atoms. The molecule has 1 nitrogen and oxygen atoms in total. The zero-order valence-corrected chi connectivity index (χ0v) is 8.44. The highest BCUT2D eigenvalue weighted by molar-refractivity contribution is 5.33. The van der Waals surface area contributed by atoms with Crippen LogP contribution in [0, 0.1) is 5.82 Å². The lowest BCUT2D eigenvalue weighted by Gasteiger charge is -2.18. The summed E-state index contributed by atoms with van der Waals surface area (Å²) in [7, 11) is 0. The Morgan fingerprint density at radius 1 is 1.18 bits per heavy atom. The first-order valence-electron chi connectivity index (χ1n) is 4.62. The second kappa shape index (κ2) is 4.95. The van der Waals surface area contributed by atoms with Crippen molar-refractivity contribution >= 4 is 0 Å². The fourth-order valence-corrected chi connectivity index (χ4v) is 1.47. The van der Waals surface area contributed by atoms with Crippen molar-refractivity contribution in [3.8, 4) is 0 Å². The van der Waals surface area contributed by atoms with E-state index in [0.717, 1.165) is 12.1 Å². The van der Waals surface area contributed by atoms with Crippen LogP contribution in [0.15, 0.2) is 18.2 Å². The summed E-state index contributed by atoms with van der Waals surface area (Å²) in [5, 5.41) is 0. The zero-order valence-electron chi connectivity index (χ0n) is 8.44. The van der Waals surface area contributed by atoms with Gasteiger partial charge in [0.1, 0.15) is 5.82 Å². The van der Waals surface area contributed by atoms with Gasteiger partial charge in [-0.1, -0.05) is 6.07 Å². The molecule has 0 aliphatic rings. The molecule has 0 aliphatic heterocycles. The van der Waals surface area contributed by atoms with Gasteiger partial charge in [0.2, 0.25) is 6.43 Å². The maximum Gasteiger partial charge on any atom is 0.416 e. The number of benzene rings is 1. The fourth-order valence-electron chi connectivity index (χ4n) is 1.47. The highest BCUT2D eigenvalue weighted by Crippen LogP contribution is 2.36. The minimum Gasteiger partial charge on any atom is -0.324 e. The van der Waals surface area contributed by atoms with E-state index in [-0.39, 0.29) is 0 Å². The van der Waals surface area contributed by atoms with E-state index in [1.165, 1.54) is 0 Å². The molecule has 0 aromatic heterocycles. The summed E-state index contributed by atoms with van der Waals surface area (Å²) in [6, 6.07) is 0.545. The normalized spacial score (nSPS) is 14.1. The molecule has 0 saturated heterocycles. The Hall–Kier alpha value is -1.24. The molecule has 0 bridgehead atoms. The van der Waals surface area contributed by atoms with E-state index in [1.807, 2.05) is 0 Å². The molecular formula is C10H9F6N. The molecular weight excluding hydrogens is 248 g/mol. The standard InChI is InChI=1S/C10H9F6N/c11-6-3-1-2-5(10(14,15)16)9(6)7(17)4-8(12)13/h1-3,7-8H,4,17H2/t7-/m0/s1. The van der Waals surface area contributed by atoms with Crippen LogP contribution < -0.4 is 5.73 Å². The van der Waals surface area contributed by atoms with Gasteiger partial charge in [-0.05, 0) is 12.1 Å². The molecule has 96 valence electrons. The van der Waals surface area contributed by atoms with E-state index in [9.17, 15) is 26.3 Å². The van der Waals surface area contributed by atoms with Crippen molar-refractivity contribution in [1.82, 2.24) is 0 Å². The lowest BCUT2D eigenvalue weighted by molar-refractivity contribution is -0.138. The topological polar surface area (TPSA) is 26.0 Å². The highest BCUT2D eigenvalue weighted by Gasteiger charge is 2.36. The number of rotatable bonds is 3. The van der Waals surface area contributed by atoms with Crippen molar-refractivity contribution in [3.63, 3.8) is 0 Å². The molecule has 0 fully saturated rings. The van der Waals surface area contributed by atoms with E-state index >= 15 is 0 Å². The van der Waals surface area contributed by atoms with E-state index < -0.39 is 42.0 Å². The number of hydrogen-bond acceptors (Lipinski definition) is 1. The van der Waals surface area contributed by atoms with Crippen LogP contribution in [0.5, 0.6) is 0 Å². The van der Waals surface area contributed by atoms with Gasteiger partial charge in [0.05, 0.1) is 5.56 Å². The lowest BCUT2D eigenvalue weighted by Crippen LogP contribution is -2.21. The van der Waals surface area contributed by atoms with Crippen LogP contribution in [0.2, 0.25) is 0 Å². The molecule has 0 unspecified atom stereocenters. The first-order chi connectivity index (χ1) is 7.73. The van der Waals surface area contributed by atoms with Gasteiger partial charge >= 0.3 is 6.18 Å². The Bertz CT molecular complexity index is 387. The first-order valence-corrected chi connectivity index (χ1v) is 4.62. The van der Waals surface area contributed by atoms with Crippen molar-refractivity contribution in [1.29, 1.82) is 0 Å².